The Morgan fingerprint density at radius 2 is 1.86 bits per heavy atom. The first-order valence-electron chi connectivity index (χ1n) is 7.54. The lowest BCUT2D eigenvalue weighted by molar-refractivity contribution is -0.140. The number of nitrogens with zero attached hydrogens (tertiary/aromatic N) is 2. The fraction of sp³-hybridized carbons (Fsp3) is 0.857. The molecule has 6 nitrogen and oxygen atoms in total. The van der Waals surface area contributed by atoms with Gasteiger partial charge in [-0.3, -0.25) is 9.59 Å². The van der Waals surface area contributed by atoms with Gasteiger partial charge in [0, 0.05) is 26.2 Å². The molecule has 0 aliphatic carbocycles. The fourth-order valence-corrected chi connectivity index (χ4v) is 4.28. The van der Waals surface area contributed by atoms with Crippen molar-refractivity contribution < 1.29 is 18.0 Å². The molecular weight excluding hydrogens is 292 g/mol. The normalized spacial score (nSPS) is 20.2. The maximum atomic E-state index is 12.2. The second kappa shape index (κ2) is 7.77. The van der Waals surface area contributed by atoms with Crippen LogP contribution < -0.4 is 0 Å². The first kappa shape index (κ1) is 17.9. The minimum absolute atomic E-state index is 0.0203. The van der Waals surface area contributed by atoms with Crippen molar-refractivity contribution in [2.75, 3.05) is 31.6 Å². The smallest absolute Gasteiger partial charge is 0.232 e. The molecule has 0 bridgehead atoms. The van der Waals surface area contributed by atoms with Gasteiger partial charge in [-0.25, -0.2) is 8.42 Å². The van der Waals surface area contributed by atoms with E-state index in [-0.39, 0.29) is 35.8 Å². The highest BCUT2D eigenvalue weighted by atomic mass is 32.2. The van der Waals surface area contributed by atoms with Gasteiger partial charge in [0.25, 0.3) is 0 Å². The van der Waals surface area contributed by atoms with E-state index in [1.54, 1.807) is 11.9 Å². The van der Waals surface area contributed by atoms with E-state index in [1.807, 2.05) is 13.8 Å². The molecule has 1 atom stereocenters. The summed E-state index contributed by atoms with van der Waals surface area (Å²) in [7, 11) is -1.33. The number of unbranched alkanes of at least 4 members (excludes halogenated alkanes) is 1. The van der Waals surface area contributed by atoms with Crippen LogP contribution in [0, 0.1) is 0 Å². The number of amides is 2. The molecule has 0 spiro atoms. The highest BCUT2D eigenvalue weighted by Gasteiger charge is 2.34. The highest BCUT2D eigenvalue weighted by molar-refractivity contribution is 7.91. The average Bonchev–Trinajstić information content (AvgIpc) is 2.76. The molecule has 0 saturated carbocycles. The Labute approximate surface area is 127 Å². The lowest BCUT2D eigenvalue weighted by Gasteiger charge is -2.27. The molecule has 1 aliphatic rings. The molecule has 1 unspecified atom stereocenters. The van der Waals surface area contributed by atoms with Crippen LogP contribution in [0.1, 0.15) is 39.5 Å². The zero-order valence-corrected chi connectivity index (χ0v) is 14.0. The van der Waals surface area contributed by atoms with Crippen molar-refractivity contribution >= 4 is 21.7 Å². The summed E-state index contributed by atoms with van der Waals surface area (Å²) in [5.41, 5.74) is 0. The van der Waals surface area contributed by atoms with Gasteiger partial charge < -0.3 is 9.80 Å². The molecule has 1 heterocycles. The predicted molar refractivity (Wildman–Crippen MR) is 81.6 cm³/mol. The van der Waals surface area contributed by atoms with Crippen LogP contribution in [0.25, 0.3) is 0 Å². The average molecular weight is 318 g/mol. The maximum absolute atomic E-state index is 12.2. The van der Waals surface area contributed by atoms with E-state index in [9.17, 15) is 18.0 Å². The second-order valence-electron chi connectivity index (χ2n) is 5.58. The third kappa shape index (κ3) is 5.30. The van der Waals surface area contributed by atoms with E-state index in [4.69, 9.17) is 0 Å². The number of hydrogen-bond acceptors (Lipinski definition) is 4. The zero-order chi connectivity index (χ0) is 16.0. The quantitative estimate of drug-likeness (QED) is 0.647. The van der Waals surface area contributed by atoms with E-state index in [2.05, 4.69) is 0 Å². The van der Waals surface area contributed by atoms with E-state index in [0.717, 1.165) is 12.8 Å². The lowest BCUT2D eigenvalue weighted by Crippen LogP contribution is -2.43. The molecule has 7 heteroatoms. The SMILES string of the molecule is CCCCN(C)C(=O)CC(=O)N(CC)C1CCS(=O)(=O)C1. The Balaban J connectivity index is 2.58. The summed E-state index contributed by atoms with van der Waals surface area (Å²) < 4.78 is 23.0. The maximum Gasteiger partial charge on any atom is 0.232 e. The predicted octanol–water partition coefficient (Wildman–Crippen LogP) is 0.671. The molecular formula is C14H26N2O4S. The Bertz CT molecular complexity index is 475. The molecule has 21 heavy (non-hydrogen) atoms. The van der Waals surface area contributed by atoms with Crippen LogP contribution in [0.4, 0.5) is 0 Å². The van der Waals surface area contributed by atoms with Gasteiger partial charge in [-0.2, -0.15) is 0 Å². The largest absolute Gasteiger partial charge is 0.345 e. The Morgan fingerprint density at radius 1 is 1.19 bits per heavy atom. The number of sulfone groups is 1. The van der Waals surface area contributed by atoms with Gasteiger partial charge in [0.1, 0.15) is 6.42 Å². The minimum atomic E-state index is -3.03. The molecule has 1 rings (SSSR count). The van der Waals surface area contributed by atoms with E-state index < -0.39 is 9.84 Å². The first-order chi connectivity index (χ1) is 9.80. The van der Waals surface area contributed by atoms with Crippen LogP contribution >= 0.6 is 0 Å². The van der Waals surface area contributed by atoms with Crippen molar-refractivity contribution in [2.24, 2.45) is 0 Å². The summed E-state index contributed by atoms with van der Waals surface area (Å²) in [6, 6.07) is -0.277. The van der Waals surface area contributed by atoms with Crippen molar-refractivity contribution in [2.45, 2.75) is 45.6 Å². The Morgan fingerprint density at radius 3 is 2.33 bits per heavy atom. The molecule has 2 amide bonds. The minimum Gasteiger partial charge on any atom is -0.345 e. The van der Waals surface area contributed by atoms with E-state index >= 15 is 0 Å². The fourth-order valence-electron chi connectivity index (χ4n) is 2.55. The number of carbonyl (C=O) groups is 2. The number of rotatable bonds is 7. The second-order valence-corrected chi connectivity index (χ2v) is 7.81. The van der Waals surface area contributed by atoms with Crippen LogP contribution in [0.15, 0.2) is 0 Å². The van der Waals surface area contributed by atoms with Gasteiger partial charge >= 0.3 is 0 Å². The topological polar surface area (TPSA) is 74.8 Å². The van der Waals surface area contributed by atoms with Gasteiger partial charge in [-0.1, -0.05) is 13.3 Å². The zero-order valence-electron chi connectivity index (χ0n) is 13.2. The summed E-state index contributed by atoms with van der Waals surface area (Å²) in [5, 5.41) is 0. The summed E-state index contributed by atoms with van der Waals surface area (Å²) >= 11 is 0. The summed E-state index contributed by atoms with van der Waals surface area (Å²) in [5.74, 6) is -0.321. The number of carbonyl (C=O) groups excluding carboxylic acids is 2. The first-order valence-corrected chi connectivity index (χ1v) is 9.36. The monoisotopic (exact) mass is 318 g/mol. The highest BCUT2D eigenvalue weighted by Crippen LogP contribution is 2.18. The van der Waals surface area contributed by atoms with Gasteiger partial charge in [-0.05, 0) is 19.8 Å². The van der Waals surface area contributed by atoms with Gasteiger partial charge in [-0.15, -0.1) is 0 Å². The van der Waals surface area contributed by atoms with Crippen LogP contribution in [0.3, 0.4) is 0 Å². The Kier molecular flexibility index (Phi) is 6.64. The van der Waals surface area contributed by atoms with Crippen molar-refractivity contribution in [3.05, 3.63) is 0 Å². The van der Waals surface area contributed by atoms with E-state index in [1.165, 1.54) is 4.90 Å². The molecule has 1 saturated heterocycles. The third-order valence-corrected chi connectivity index (χ3v) is 5.64. The lowest BCUT2D eigenvalue weighted by atomic mass is 10.2. The summed E-state index contributed by atoms with van der Waals surface area (Å²) in [6.45, 7) is 4.94. The summed E-state index contributed by atoms with van der Waals surface area (Å²) in [6.07, 6.45) is 2.20. The standard InChI is InChI=1S/C14H26N2O4S/c1-4-6-8-15(3)13(17)10-14(18)16(5-2)12-7-9-21(19,20)11-12/h12H,4-11H2,1-3H3. The molecule has 0 aromatic carbocycles. The van der Waals surface area contributed by atoms with Gasteiger partial charge in [0.05, 0.1) is 11.5 Å². The molecule has 1 fully saturated rings. The van der Waals surface area contributed by atoms with Crippen molar-refractivity contribution in [1.82, 2.24) is 9.80 Å². The van der Waals surface area contributed by atoms with Crippen molar-refractivity contribution in [3.63, 3.8) is 0 Å². The molecule has 122 valence electrons. The van der Waals surface area contributed by atoms with Crippen LogP contribution in [-0.4, -0.2) is 67.7 Å². The van der Waals surface area contributed by atoms with Crippen LogP contribution in [-0.2, 0) is 19.4 Å². The molecule has 0 aromatic heterocycles. The summed E-state index contributed by atoms with van der Waals surface area (Å²) in [4.78, 5) is 27.3. The van der Waals surface area contributed by atoms with Crippen LogP contribution in [0.5, 0.6) is 0 Å². The van der Waals surface area contributed by atoms with Crippen molar-refractivity contribution in [1.29, 1.82) is 0 Å². The molecule has 0 radical (unpaired) electrons. The molecule has 0 aromatic rings. The Hall–Kier alpha value is -1.11. The van der Waals surface area contributed by atoms with Gasteiger partial charge in [0.15, 0.2) is 9.84 Å². The van der Waals surface area contributed by atoms with E-state index in [0.29, 0.717) is 19.5 Å². The van der Waals surface area contributed by atoms with Crippen molar-refractivity contribution in [3.8, 4) is 0 Å². The number of hydrogen-bond donors (Lipinski definition) is 0. The van der Waals surface area contributed by atoms with Gasteiger partial charge in [0.2, 0.25) is 11.8 Å². The molecule has 1 aliphatic heterocycles. The van der Waals surface area contributed by atoms with Crippen LogP contribution in [0.2, 0.25) is 0 Å². The molecule has 0 N–H and O–H groups in total. The third-order valence-electron chi connectivity index (χ3n) is 3.89.